The van der Waals surface area contributed by atoms with Crippen LogP contribution in [0, 0.1) is 0 Å². The van der Waals surface area contributed by atoms with Crippen LogP contribution in [0.3, 0.4) is 0 Å². The topological polar surface area (TPSA) is 83.2 Å². The van der Waals surface area contributed by atoms with Crippen LogP contribution in [-0.2, 0) is 36.6 Å². The van der Waals surface area contributed by atoms with E-state index in [1.54, 1.807) is 0 Å². The molecule has 0 saturated heterocycles. The van der Waals surface area contributed by atoms with Gasteiger partial charge in [0.2, 0.25) is 0 Å². The van der Waals surface area contributed by atoms with Gasteiger partial charge in [-0.05, 0) is 61.2 Å². The Kier molecular flexibility index (Phi) is 17.2. The third-order valence-corrected chi connectivity index (χ3v) is 5.96. The Hall–Kier alpha value is -2.39. The minimum Gasteiger partial charge on any atom is -0.379 e. The highest BCUT2D eigenvalue weighted by atomic mass is 16.6. The fourth-order valence-corrected chi connectivity index (χ4v) is 4.08. The lowest BCUT2D eigenvalue weighted by Crippen LogP contribution is -2.14. The van der Waals surface area contributed by atoms with E-state index in [-0.39, 0.29) is 0 Å². The molecule has 0 radical (unpaired) electrons. The molecule has 0 fully saturated rings. The van der Waals surface area contributed by atoms with E-state index in [4.69, 9.17) is 24.7 Å². The van der Waals surface area contributed by atoms with Crippen LogP contribution in [-0.4, -0.2) is 91.2 Å². The maximum absolute atomic E-state index is 9.96. The summed E-state index contributed by atoms with van der Waals surface area (Å²) in [6, 6.07) is 17.7. The number of hydrogen-bond donors (Lipinski definition) is 1. The number of aldehydes is 1. The molecule has 38 heavy (non-hydrogen) atoms. The van der Waals surface area contributed by atoms with E-state index in [0.29, 0.717) is 65.8 Å². The van der Waals surface area contributed by atoms with Gasteiger partial charge in [-0.1, -0.05) is 54.6 Å². The monoisotopic (exact) mass is 526 g/mol. The molecule has 2 aromatic carbocycles. The molecule has 2 aromatic rings. The second-order valence-electron chi connectivity index (χ2n) is 9.22. The van der Waals surface area contributed by atoms with Gasteiger partial charge < -0.3 is 34.4 Å². The van der Waals surface area contributed by atoms with Crippen LogP contribution >= 0.6 is 0 Å². The van der Waals surface area contributed by atoms with Gasteiger partial charge in [0.1, 0.15) is 6.29 Å². The molecule has 0 atom stereocenters. The SMILES string of the molecule is CN(C)CCC=C1c2ccccc2CCc2ccccc21.NCCOCCOCCOCCOCCC=O. The van der Waals surface area contributed by atoms with Crippen molar-refractivity contribution in [3.8, 4) is 0 Å². The minimum atomic E-state index is 0.436. The molecule has 0 unspecified atom stereocenters. The van der Waals surface area contributed by atoms with Crippen molar-refractivity contribution in [1.82, 2.24) is 4.90 Å². The van der Waals surface area contributed by atoms with E-state index in [2.05, 4.69) is 73.6 Å². The third kappa shape index (κ3) is 12.9. The fourth-order valence-electron chi connectivity index (χ4n) is 4.08. The van der Waals surface area contributed by atoms with Gasteiger partial charge in [0, 0.05) is 19.5 Å². The molecule has 0 saturated carbocycles. The fraction of sp³-hybridized carbons (Fsp3) is 0.516. The van der Waals surface area contributed by atoms with Crippen LogP contribution in [0.2, 0.25) is 0 Å². The van der Waals surface area contributed by atoms with Crippen LogP contribution in [0.4, 0.5) is 0 Å². The van der Waals surface area contributed by atoms with Gasteiger partial charge >= 0.3 is 0 Å². The van der Waals surface area contributed by atoms with Gasteiger partial charge in [-0.25, -0.2) is 0 Å². The Morgan fingerprint density at radius 1 is 0.711 bits per heavy atom. The number of nitrogens with two attached hydrogens (primary N) is 1. The first-order chi connectivity index (χ1) is 18.7. The summed E-state index contributed by atoms with van der Waals surface area (Å²) in [5, 5.41) is 0. The van der Waals surface area contributed by atoms with E-state index in [1.807, 2.05) is 0 Å². The molecule has 1 aliphatic carbocycles. The molecular formula is C31H46N2O5. The zero-order valence-electron chi connectivity index (χ0n) is 23.2. The Morgan fingerprint density at radius 2 is 1.18 bits per heavy atom. The zero-order chi connectivity index (χ0) is 27.3. The summed E-state index contributed by atoms with van der Waals surface area (Å²) < 4.78 is 20.7. The van der Waals surface area contributed by atoms with Gasteiger partial charge in [0.15, 0.2) is 0 Å². The number of rotatable bonds is 17. The second kappa shape index (κ2) is 20.6. The molecule has 0 amide bonds. The van der Waals surface area contributed by atoms with Gasteiger partial charge in [0.25, 0.3) is 0 Å². The second-order valence-corrected chi connectivity index (χ2v) is 9.22. The van der Waals surface area contributed by atoms with E-state index >= 15 is 0 Å². The quantitative estimate of drug-likeness (QED) is 0.248. The minimum absolute atomic E-state index is 0.436. The lowest BCUT2D eigenvalue weighted by molar-refractivity contribution is -0.108. The lowest BCUT2D eigenvalue weighted by Gasteiger charge is -2.13. The first-order valence-corrected chi connectivity index (χ1v) is 13.6. The summed E-state index contributed by atoms with van der Waals surface area (Å²) in [5.41, 5.74) is 12.5. The molecule has 0 spiro atoms. The molecule has 0 heterocycles. The highest BCUT2D eigenvalue weighted by Crippen LogP contribution is 2.33. The summed E-state index contributed by atoms with van der Waals surface area (Å²) >= 11 is 0. The molecule has 2 N–H and O–H groups in total. The van der Waals surface area contributed by atoms with Crippen molar-refractivity contribution in [3.63, 3.8) is 0 Å². The highest BCUT2D eigenvalue weighted by Gasteiger charge is 2.16. The van der Waals surface area contributed by atoms with Gasteiger partial charge in [0.05, 0.1) is 52.9 Å². The average Bonchev–Trinajstić information content (AvgIpc) is 3.09. The first kappa shape index (κ1) is 31.8. The van der Waals surface area contributed by atoms with Crippen LogP contribution in [0.25, 0.3) is 5.57 Å². The smallest absolute Gasteiger partial charge is 0.122 e. The molecule has 0 aliphatic heterocycles. The molecule has 0 aromatic heterocycles. The Bertz CT molecular complexity index is 882. The molecular weight excluding hydrogens is 480 g/mol. The zero-order valence-corrected chi connectivity index (χ0v) is 23.2. The molecule has 3 rings (SSSR count). The van der Waals surface area contributed by atoms with Crippen molar-refractivity contribution in [2.45, 2.75) is 25.7 Å². The number of ether oxygens (including phenoxy) is 4. The van der Waals surface area contributed by atoms with Crippen LogP contribution < -0.4 is 5.73 Å². The summed E-state index contributed by atoms with van der Waals surface area (Å²) in [6.45, 7) is 5.87. The average molecular weight is 527 g/mol. The van der Waals surface area contributed by atoms with Gasteiger partial charge in [-0.3, -0.25) is 0 Å². The maximum atomic E-state index is 9.96. The molecule has 210 valence electrons. The number of hydrogen-bond acceptors (Lipinski definition) is 7. The molecule has 0 bridgehead atoms. The molecule has 7 heteroatoms. The predicted molar refractivity (Wildman–Crippen MR) is 154 cm³/mol. The van der Waals surface area contributed by atoms with Crippen molar-refractivity contribution < 1.29 is 23.7 Å². The Labute approximate surface area is 228 Å². The summed E-state index contributed by atoms with van der Waals surface area (Å²) in [6.07, 6.45) is 7.05. The van der Waals surface area contributed by atoms with Crippen LogP contribution in [0.15, 0.2) is 54.6 Å². The standard InChI is InChI=1S/C20H23N.C11H23NO5/c1-21(2)15-7-12-20-18-10-5-3-8-16(18)13-14-17-9-4-6-11-19(17)20;12-2-5-15-7-9-17-11-10-16-8-6-14-4-1-3-13/h3-6,8-12H,7,13-15H2,1-2H3;3H,1-2,4-12H2. The van der Waals surface area contributed by atoms with Gasteiger partial charge in [-0.15, -0.1) is 0 Å². The Morgan fingerprint density at radius 3 is 1.66 bits per heavy atom. The van der Waals surface area contributed by atoms with Crippen LogP contribution in [0.5, 0.6) is 0 Å². The lowest BCUT2D eigenvalue weighted by atomic mass is 9.93. The highest BCUT2D eigenvalue weighted by molar-refractivity contribution is 5.83. The van der Waals surface area contributed by atoms with Gasteiger partial charge in [-0.2, -0.15) is 0 Å². The predicted octanol–water partition coefficient (Wildman–Crippen LogP) is 3.77. The number of carbonyl (C=O) groups excluding carboxylic acids is 1. The van der Waals surface area contributed by atoms with Crippen molar-refractivity contribution in [1.29, 1.82) is 0 Å². The van der Waals surface area contributed by atoms with E-state index in [1.165, 1.54) is 27.8 Å². The van der Waals surface area contributed by atoms with Crippen molar-refractivity contribution in [2.24, 2.45) is 5.73 Å². The number of aryl methyl sites for hydroxylation is 2. The Balaban J connectivity index is 0.000000275. The van der Waals surface area contributed by atoms with Crippen molar-refractivity contribution >= 4 is 11.9 Å². The number of nitrogens with zero attached hydrogens (tertiary/aromatic N) is 1. The van der Waals surface area contributed by atoms with Crippen molar-refractivity contribution in [3.05, 3.63) is 76.9 Å². The first-order valence-electron chi connectivity index (χ1n) is 13.6. The van der Waals surface area contributed by atoms with Crippen molar-refractivity contribution in [2.75, 3.05) is 80.0 Å². The molecule has 1 aliphatic rings. The van der Waals surface area contributed by atoms with E-state index in [0.717, 1.165) is 32.1 Å². The molecule has 7 nitrogen and oxygen atoms in total. The number of fused-ring (bicyclic) bond motifs is 2. The summed E-state index contributed by atoms with van der Waals surface area (Å²) in [7, 11) is 4.26. The summed E-state index contributed by atoms with van der Waals surface area (Å²) in [5.74, 6) is 0. The largest absolute Gasteiger partial charge is 0.379 e. The summed E-state index contributed by atoms with van der Waals surface area (Å²) in [4.78, 5) is 12.2. The number of carbonyl (C=O) groups is 1. The van der Waals surface area contributed by atoms with E-state index in [9.17, 15) is 4.79 Å². The normalized spacial score (nSPS) is 12.3. The maximum Gasteiger partial charge on any atom is 0.122 e. The van der Waals surface area contributed by atoms with Crippen LogP contribution in [0.1, 0.15) is 35.1 Å². The number of benzene rings is 2. The van der Waals surface area contributed by atoms with E-state index < -0.39 is 0 Å². The third-order valence-electron chi connectivity index (χ3n) is 5.96.